The van der Waals surface area contributed by atoms with Crippen LogP contribution in [-0.4, -0.2) is 24.6 Å². The van der Waals surface area contributed by atoms with E-state index in [1.165, 1.54) is 6.21 Å². The Balaban J connectivity index is 2.35. The van der Waals surface area contributed by atoms with E-state index in [1.807, 2.05) is 20.8 Å². The molecule has 2 aromatic rings. The molecule has 0 fully saturated rings. The van der Waals surface area contributed by atoms with Crippen molar-refractivity contribution in [3.05, 3.63) is 34.2 Å². The molecule has 2 rings (SSSR count). The first-order chi connectivity index (χ1) is 9.31. The zero-order chi connectivity index (χ0) is 14.9. The van der Waals surface area contributed by atoms with Crippen molar-refractivity contribution in [1.29, 1.82) is 0 Å². The average Bonchev–Trinajstić information content (AvgIpc) is 2.78. The standard InChI is InChI=1S/C13H15BrFN3OS/c1-13(2,3)20(19)16-6-10-8-18-7-9(5-15)4-11(14)12(18)17-10/h4,6-8H,5H2,1-3H3/t20-/m1/s1. The van der Waals surface area contributed by atoms with Gasteiger partial charge < -0.3 is 4.40 Å². The van der Waals surface area contributed by atoms with Crippen molar-refractivity contribution < 1.29 is 8.60 Å². The van der Waals surface area contributed by atoms with Crippen molar-refractivity contribution in [2.24, 2.45) is 4.40 Å². The molecule has 7 heteroatoms. The van der Waals surface area contributed by atoms with Crippen LogP contribution in [0.4, 0.5) is 4.39 Å². The van der Waals surface area contributed by atoms with Crippen LogP contribution < -0.4 is 0 Å². The van der Waals surface area contributed by atoms with Crippen LogP contribution in [0.3, 0.4) is 0 Å². The molecule has 4 nitrogen and oxygen atoms in total. The summed E-state index contributed by atoms with van der Waals surface area (Å²) in [5, 5.41) is 0. The van der Waals surface area contributed by atoms with Gasteiger partial charge in [0.1, 0.15) is 23.4 Å². The summed E-state index contributed by atoms with van der Waals surface area (Å²) < 4.78 is 30.6. The second-order valence-electron chi connectivity index (χ2n) is 5.32. The van der Waals surface area contributed by atoms with Gasteiger partial charge in [0.15, 0.2) is 5.65 Å². The van der Waals surface area contributed by atoms with Gasteiger partial charge in [-0.2, -0.15) is 4.40 Å². The quantitative estimate of drug-likeness (QED) is 0.788. The minimum atomic E-state index is -1.32. The van der Waals surface area contributed by atoms with Gasteiger partial charge in [0.2, 0.25) is 0 Å². The molecule has 0 bridgehead atoms. The Labute approximate surface area is 127 Å². The Morgan fingerprint density at radius 3 is 2.80 bits per heavy atom. The fourth-order valence-corrected chi connectivity index (χ4v) is 2.63. The van der Waals surface area contributed by atoms with E-state index < -0.39 is 22.4 Å². The van der Waals surface area contributed by atoms with Gasteiger partial charge in [0.05, 0.1) is 15.4 Å². The summed E-state index contributed by atoms with van der Waals surface area (Å²) in [4.78, 5) is 4.35. The SMILES string of the molecule is CC(C)(C)[S@@](=O)N=Cc1cn2cc(CF)cc(Br)c2n1. The van der Waals surface area contributed by atoms with Crippen LogP contribution in [0.1, 0.15) is 32.0 Å². The monoisotopic (exact) mass is 359 g/mol. The Morgan fingerprint density at radius 1 is 1.50 bits per heavy atom. The maximum Gasteiger partial charge on any atom is 0.151 e. The molecule has 1 atom stereocenters. The molecular weight excluding hydrogens is 345 g/mol. The lowest BCUT2D eigenvalue weighted by molar-refractivity contribution is 0.484. The van der Waals surface area contributed by atoms with Gasteiger partial charge >= 0.3 is 0 Å². The summed E-state index contributed by atoms with van der Waals surface area (Å²) in [5.41, 5.74) is 1.81. The first kappa shape index (κ1) is 15.3. The first-order valence-electron chi connectivity index (χ1n) is 6.00. The summed E-state index contributed by atoms with van der Waals surface area (Å²) in [6.45, 7) is 5.03. The van der Waals surface area contributed by atoms with Crippen LogP contribution >= 0.6 is 15.9 Å². The van der Waals surface area contributed by atoms with Crippen molar-refractivity contribution in [3.63, 3.8) is 0 Å². The van der Waals surface area contributed by atoms with Crippen molar-refractivity contribution >= 4 is 38.8 Å². The summed E-state index contributed by atoms with van der Waals surface area (Å²) in [7, 11) is -1.32. The van der Waals surface area contributed by atoms with Crippen LogP contribution in [-0.2, 0) is 17.7 Å². The zero-order valence-corrected chi connectivity index (χ0v) is 13.8. The van der Waals surface area contributed by atoms with Crippen LogP contribution in [0.5, 0.6) is 0 Å². The van der Waals surface area contributed by atoms with Crippen LogP contribution in [0, 0.1) is 0 Å². The molecule has 0 unspecified atom stereocenters. The van der Waals surface area contributed by atoms with Gasteiger partial charge in [-0.15, -0.1) is 0 Å². The van der Waals surface area contributed by atoms with Crippen LogP contribution in [0.2, 0.25) is 0 Å². The molecule has 0 spiro atoms. The van der Waals surface area contributed by atoms with Crippen molar-refractivity contribution in [2.75, 3.05) is 0 Å². The van der Waals surface area contributed by atoms with E-state index in [-0.39, 0.29) is 0 Å². The molecule has 0 saturated heterocycles. The first-order valence-corrected chi connectivity index (χ1v) is 7.90. The third-order valence-corrected chi connectivity index (χ3v) is 4.47. The fourth-order valence-electron chi connectivity index (χ4n) is 1.53. The molecule has 2 heterocycles. The molecule has 0 aliphatic carbocycles. The predicted octanol–water partition coefficient (Wildman–Crippen LogP) is 3.45. The smallest absolute Gasteiger partial charge is 0.151 e. The molecule has 20 heavy (non-hydrogen) atoms. The van der Waals surface area contributed by atoms with Gasteiger partial charge in [-0.05, 0) is 42.8 Å². The number of imidazole rings is 1. The Kier molecular flexibility index (Phi) is 4.39. The van der Waals surface area contributed by atoms with E-state index in [0.29, 0.717) is 21.4 Å². The maximum absolute atomic E-state index is 12.7. The van der Waals surface area contributed by atoms with Crippen molar-refractivity contribution in [1.82, 2.24) is 9.38 Å². The number of halogens is 2. The van der Waals surface area contributed by atoms with Crippen LogP contribution in [0.25, 0.3) is 5.65 Å². The van der Waals surface area contributed by atoms with Gasteiger partial charge in [0.25, 0.3) is 0 Å². The second-order valence-corrected chi connectivity index (χ2v) is 8.11. The minimum absolute atomic E-state index is 0.405. The van der Waals surface area contributed by atoms with E-state index in [9.17, 15) is 8.60 Å². The lowest BCUT2D eigenvalue weighted by atomic mass is 10.3. The topological polar surface area (TPSA) is 46.7 Å². The molecular formula is C13H15BrFN3OS. The van der Waals surface area contributed by atoms with Gasteiger partial charge in [-0.3, -0.25) is 0 Å². The van der Waals surface area contributed by atoms with E-state index in [2.05, 4.69) is 25.3 Å². The van der Waals surface area contributed by atoms with Gasteiger partial charge in [0, 0.05) is 18.0 Å². The lowest BCUT2D eigenvalue weighted by Gasteiger charge is -2.12. The highest BCUT2D eigenvalue weighted by Crippen LogP contribution is 2.20. The second kappa shape index (κ2) is 5.73. The molecule has 0 aromatic carbocycles. The number of pyridine rings is 1. The number of rotatable bonds is 3. The van der Waals surface area contributed by atoms with E-state index in [1.54, 1.807) is 22.9 Å². The number of alkyl halides is 1. The number of fused-ring (bicyclic) bond motifs is 1. The summed E-state index contributed by atoms with van der Waals surface area (Å²) in [6.07, 6.45) is 4.88. The Morgan fingerprint density at radius 2 is 2.20 bits per heavy atom. The molecule has 0 saturated carbocycles. The molecule has 0 radical (unpaired) electrons. The third kappa shape index (κ3) is 3.32. The zero-order valence-electron chi connectivity index (χ0n) is 11.4. The summed E-state index contributed by atoms with van der Waals surface area (Å²) >= 11 is 3.36. The highest BCUT2D eigenvalue weighted by Gasteiger charge is 2.18. The van der Waals surface area contributed by atoms with E-state index in [0.717, 1.165) is 0 Å². The highest BCUT2D eigenvalue weighted by molar-refractivity contribution is 9.10. The molecule has 0 amide bonds. The third-order valence-electron chi connectivity index (χ3n) is 2.54. The molecule has 0 aliphatic heterocycles. The van der Waals surface area contributed by atoms with Gasteiger partial charge in [-0.1, -0.05) is 0 Å². The average molecular weight is 360 g/mol. The number of hydrogen-bond acceptors (Lipinski definition) is 2. The lowest BCUT2D eigenvalue weighted by Crippen LogP contribution is -2.19. The molecule has 0 N–H and O–H groups in total. The van der Waals surface area contributed by atoms with Crippen molar-refractivity contribution in [3.8, 4) is 0 Å². The Bertz CT molecular complexity index is 691. The minimum Gasteiger partial charge on any atom is -0.305 e. The maximum atomic E-state index is 12.7. The molecule has 2 aromatic heterocycles. The van der Waals surface area contributed by atoms with E-state index in [4.69, 9.17) is 0 Å². The Hall–Kier alpha value is -1.08. The highest BCUT2D eigenvalue weighted by atomic mass is 79.9. The van der Waals surface area contributed by atoms with E-state index >= 15 is 0 Å². The number of aromatic nitrogens is 2. The largest absolute Gasteiger partial charge is 0.305 e. The summed E-state index contributed by atoms with van der Waals surface area (Å²) in [5.74, 6) is 0. The number of nitrogens with zero attached hydrogens (tertiary/aromatic N) is 3. The normalized spacial score (nSPS) is 14.2. The predicted molar refractivity (Wildman–Crippen MR) is 83.2 cm³/mol. The van der Waals surface area contributed by atoms with Crippen LogP contribution in [0.15, 0.2) is 27.3 Å². The molecule has 108 valence electrons. The fraction of sp³-hybridized carbons (Fsp3) is 0.385. The van der Waals surface area contributed by atoms with Crippen molar-refractivity contribution in [2.45, 2.75) is 32.2 Å². The summed E-state index contributed by atoms with van der Waals surface area (Å²) in [6, 6.07) is 1.69. The van der Waals surface area contributed by atoms with Gasteiger partial charge in [-0.25, -0.2) is 13.6 Å². The molecule has 0 aliphatic rings. The number of hydrogen-bond donors (Lipinski definition) is 0.